The fourth-order valence-electron chi connectivity index (χ4n) is 2.17. The van der Waals surface area contributed by atoms with E-state index >= 15 is 0 Å². The smallest absolute Gasteiger partial charge is 0.269 e. The molecule has 150 valence electrons. The lowest BCUT2D eigenvalue weighted by molar-refractivity contribution is -0.116. The largest absolute Gasteiger partial charge is 0.326 e. The van der Waals surface area contributed by atoms with Gasteiger partial charge in [-0.05, 0) is 55.0 Å². The van der Waals surface area contributed by atoms with Gasteiger partial charge in [0.25, 0.3) is 5.91 Å². The molecule has 0 aromatic heterocycles. The van der Waals surface area contributed by atoms with Gasteiger partial charge in [0.2, 0.25) is 11.8 Å². The zero-order chi connectivity index (χ0) is 21.2. The van der Waals surface area contributed by atoms with Crippen molar-refractivity contribution < 1.29 is 14.4 Å². The van der Waals surface area contributed by atoms with Crippen LogP contribution < -0.4 is 21.5 Å². The molecule has 0 aliphatic heterocycles. The maximum atomic E-state index is 12.1. The lowest BCUT2D eigenvalue weighted by atomic mass is 10.1. The summed E-state index contributed by atoms with van der Waals surface area (Å²) in [6, 6.07) is 14.1. The highest BCUT2D eigenvalue weighted by molar-refractivity contribution is 7.80. The fraction of sp³-hybridized carbons (Fsp3) is 0.143. The van der Waals surface area contributed by atoms with E-state index in [1.54, 1.807) is 37.3 Å². The molecule has 0 aliphatic rings. The number of carbonyl (C=O) groups is 3. The Morgan fingerprint density at radius 3 is 2.24 bits per heavy atom. The number of carbonyl (C=O) groups excluding carboxylic acids is 3. The Kier molecular flexibility index (Phi) is 8.05. The van der Waals surface area contributed by atoms with Gasteiger partial charge in [-0.2, -0.15) is 0 Å². The summed E-state index contributed by atoms with van der Waals surface area (Å²) in [5.74, 6) is -0.972. The Bertz CT molecular complexity index is 922. The third-order valence-corrected chi connectivity index (χ3v) is 3.99. The third kappa shape index (κ3) is 7.55. The number of benzene rings is 2. The summed E-state index contributed by atoms with van der Waals surface area (Å²) in [6.07, 6.45) is 3.38. The number of hydrogen-bond donors (Lipinski definition) is 4. The molecule has 3 amide bonds. The summed E-state index contributed by atoms with van der Waals surface area (Å²) < 4.78 is 0. The molecule has 29 heavy (non-hydrogen) atoms. The van der Waals surface area contributed by atoms with E-state index < -0.39 is 11.8 Å². The zero-order valence-corrected chi connectivity index (χ0v) is 16.9. The molecule has 7 nitrogen and oxygen atoms in total. The van der Waals surface area contributed by atoms with Gasteiger partial charge in [-0.1, -0.05) is 36.8 Å². The van der Waals surface area contributed by atoms with Crippen molar-refractivity contribution in [2.75, 3.05) is 5.32 Å². The minimum absolute atomic E-state index is 0.0382. The highest BCUT2D eigenvalue weighted by atomic mass is 32.1. The standard InChI is InChI=1S/C21H22N4O3S/c1-3-18(26)22-17-11-9-16(10-12-17)20(28)24-25-21(29)23-19(27)13-8-15-6-4-14(2)5-7-15/h4-13H,3H2,1-2H3,(H,22,26)(H,24,28)(H2,23,25,27,29). The Hall–Kier alpha value is -3.52. The maximum absolute atomic E-state index is 12.1. The van der Waals surface area contributed by atoms with E-state index in [2.05, 4.69) is 21.5 Å². The Labute approximate surface area is 174 Å². The van der Waals surface area contributed by atoms with Crippen molar-refractivity contribution in [1.82, 2.24) is 16.2 Å². The van der Waals surface area contributed by atoms with Crippen molar-refractivity contribution >= 4 is 46.8 Å². The monoisotopic (exact) mass is 410 g/mol. The van der Waals surface area contributed by atoms with Crippen LogP contribution in [0.2, 0.25) is 0 Å². The minimum Gasteiger partial charge on any atom is -0.326 e. The van der Waals surface area contributed by atoms with Crippen LogP contribution in [-0.4, -0.2) is 22.8 Å². The van der Waals surface area contributed by atoms with Crippen molar-refractivity contribution in [2.24, 2.45) is 0 Å². The van der Waals surface area contributed by atoms with Crippen LogP contribution in [0.5, 0.6) is 0 Å². The van der Waals surface area contributed by atoms with Gasteiger partial charge in [0.05, 0.1) is 0 Å². The Balaban J connectivity index is 1.79. The van der Waals surface area contributed by atoms with E-state index in [1.165, 1.54) is 6.08 Å². The number of amides is 3. The molecule has 2 aromatic rings. The molecule has 2 aromatic carbocycles. The van der Waals surface area contributed by atoms with Crippen molar-refractivity contribution in [3.8, 4) is 0 Å². The summed E-state index contributed by atoms with van der Waals surface area (Å²) in [5, 5.41) is 5.09. The van der Waals surface area contributed by atoms with E-state index in [0.29, 0.717) is 17.7 Å². The number of rotatable bonds is 5. The molecule has 0 fully saturated rings. The molecular formula is C21H22N4O3S. The van der Waals surface area contributed by atoms with Crippen molar-refractivity contribution in [3.05, 3.63) is 71.3 Å². The average Bonchev–Trinajstić information content (AvgIpc) is 2.72. The minimum atomic E-state index is -0.440. The molecule has 0 saturated carbocycles. The Morgan fingerprint density at radius 2 is 1.62 bits per heavy atom. The van der Waals surface area contributed by atoms with Gasteiger partial charge >= 0.3 is 0 Å². The van der Waals surface area contributed by atoms with Crippen LogP contribution in [0.4, 0.5) is 5.69 Å². The molecule has 0 aliphatic carbocycles. The summed E-state index contributed by atoms with van der Waals surface area (Å²) in [4.78, 5) is 35.4. The number of anilines is 1. The highest BCUT2D eigenvalue weighted by Gasteiger charge is 2.07. The zero-order valence-electron chi connectivity index (χ0n) is 16.1. The number of hydrogen-bond acceptors (Lipinski definition) is 4. The topological polar surface area (TPSA) is 99.3 Å². The van der Waals surface area contributed by atoms with Crippen LogP contribution in [0.15, 0.2) is 54.6 Å². The van der Waals surface area contributed by atoms with Gasteiger partial charge in [0, 0.05) is 23.7 Å². The van der Waals surface area contributed by atoms with Gasteiger partial charge in [-0.15, -0.1) is 0 Å². The SMILES string of the molecule is CCC(=O)Nc1ccc(C(=O)NNC(=S)NC(=O)C=Cc2ccc(C)cc2)cc1. The molecule has 4 N–H and O–H groups in total. The molecular weight excluding hydrogens is 388 g/mol. The van der Waals surface area contributed by atoms with E-state index in [1.807, 2.05) is 31.2 Å². The van der Waals surface area contributed by atoms with Crippen LogP contribution >= 0.6 is 12.2 Å². The second-order valence-electron chi connectivity index (χ2n) is 6.12. The number of hydrazine groups is 1. The first kappa shape index (κ1) is 21.8. The second kappa shape index (κ2) is 10.7. The number of aryl methyl sites for hydroxylation is 1. The third-order valence-electron chi connectivity index (χ3n) is 3.78. The van der Waals surface area contributed by atoms with E-state index in [9.17, 15) is 14.4 Å². The first-order valence-electron chi connectivity index (χ1n) is 8.93. The van der Waals surface area contributed by atoms with Crippen molar-refractivity contribution in [3.63, 3.8) is 0 Å². The van der Waals surface area contributed by atoms with Crippen LogP contribution in [0, 0.1) is 6.92 Å². The van der Waals surface area contributed by atoms with Gasteiger partial charge in [0.1, 0.15) is 0 Å². The fourth-order valence-corrected chi connectivity index (χ4v) is 2.33. The van der Waals surface area contributed by atoms with Crippen LogP contribution in [-0.2, 0) is 9.59 Å². The first-order valence-corrected chi connectivity index (χ1v) is 9.34. The summed E-state index contributed by atoms with van der Waals surface area (Å²) in [5.41, 5.74) is 7.85. The molecule has 8 heteroatoms. The quantitative estimate of drug-likeness (QED) is 0.345. The van der Waals surface area contributed by atoms with Crippen molar-refractivity contribution in [2.45, 2.75) is 20.3 Å². The Morgan fingerprint density at radius 1 is 0.966 bits per heavy atom. The molecule has 0 spiro atoms. The molecule has 0 saturated heterocycles. The van der Waals surface area contributed by atoms with Gasteiger partial charge in [-0.25, -0.2) is 0 Å². The molecule has 0 radical (unpaired) electrons. The maximum Gasteiger partial charge on any atom is 0.269 e. The van der Waals surface area contributed by atoms with Gasteiger partial charge in [-0.3, -0.25) is 30.6 Å². The average molecular weight is 410 g/mol. The predicted molar refractivity (Wildman–Crippen MR) is 117 cm³/mol. The molecule has 2 rings (SSSR count). The van der Waals surface area contributed by atoms with E-state index in [-0.39, 0.29) is 11.0 Å². The summed E-state index contributed by atoms with van der Waals surface area (Å²) >= 11 is 4.99. The number of thiocarbonyl (C=S) groups is 1. The highest BCUT2D eigenvalue weighted by Crippen LogP contribution is 2.09. The van der Waals surface area contributed by atoms with Crippen molar-refractivity contribution in [1.29, 1.82) is 0 Å². The van der Waals surface area contributed by atoms with E-state index in [0.717, 1.165) is 11.1 Å². The van der Waals surface area contributed by atoms with Gasteiger partial charge in [0.15, 0.2) is 5.11 Å². The first-order chi connectivity index (χ1) is 13.9. The lowest BCUT2D eigenvalue weighted by Crippen LogP contribution is -2.48. The predicted octanol–water partition coefficient (Wildman–Crippen LogP) is 2.69. The number of nitrogens with one attached hydrogen (secondary N) is 4. The van der Waals surface area contributed by atoms with Gasteiger partial charge < -0.3 is 5.32 Å². The normalized spacial score (nSPS) is 10.3. The molecule has 0 heterocycles. The van der Waals surface area contributed by atoms with E-state index in [4.69, 9.17) is 12.2 Å². The molecule has 0 atom stereocenters. The molecule has 0 unspecified atom stereocenters. The van der Waals surface area contributed by atoms with Crippen LogP contribution in [0.3, 0.4) is 0 Å². The molecule has 0 bridgehead atoms. The lowest BCUT2D eigenvalue weighted by Gasteiger charge is -2.10. The second-order valence-corrected chi connectivity index (χ2v) is 6.53. The summed E-state index contributed by atoms with van der Waals surface area (Å²) in [6.45, 7) is 3.74. The van der Waals surface area contributed by atoms with Crippen LogP contribution in [0.1, 0.15) is 34.8 Å². The summed E-state index contributed by atoms with van der Waals surface area (Å²) in [7, 11) is 0. The van der Waals surface area contributed by atoms with Crippen LogP contribution in [0.25, 0.3) is 6.08 Å².